The molecule has 0 fully saturated rings. The molecular weight excluding hydrogens is 288 g/mol. The Morgan fingerprint density at radius 2 is 2.38 bits per heavy atom. The van der Waals surface area contributed by atoms with E-state index in [0.29, 0.717) is 19.4 Å². The van der Waals surface area contributed by atoms with Gasteiger partial charge in [-0.1, -0.05) is 0 Å². The number of carboxylic acid groups (broad SMARTS) is 1. The van der Waals surface area contributed by atoms with Crippen molar-refractivity contribution in [3.63, 3.8) is 0 Å². The van der Waals surface area contributed by atoms with E-state index in [4.69, 9.17) is 5.11 Å². The van der Waals surface area contributed by atoms with E-state index in [1.165, 1.54) is 20.3 Å². The smallest absolute Gasteiger partial charge is 0.303 e. The van der Waals surface area contributed by atoms with Gasteiger partial charge in [0, 0.05) is 40.6 Å². The molecule has 0 saturated heterocycles. The SMILES string of the molecule is Cc1cc2c(s1)CCC1CC(=O)N(CCCC(=O)O)N=C21. The Balaban J connectivity index is 1.82. The molecule has 5 nitrogen and oxygen atoms in total. The highest BCUT2D eigenvalue weighted by Crippen LogP contribution is 2.36. The molecule has 1 unspecified atom stereocenters. The van der Waals surface area contributed by atoms with E-state index in [1.807, 2.05) is 11.3 Å². The highest BCUT2D eigenvalue weighted by atomic mass is 32.1. The lowest BCUT2D eigenvalue weighted by Crippen LogP contribution is -2.39. The zero-order valence-corrected chi connectivity index (χ0v) is 12.8. The maximum atomic E-state index is 12.1. The Labute approximate surface area is 127 Å². The second kappa shape index (κ2) is 5.60. The van der Waals surface area contributed by atoms with Gasteiger partial charge in [-0.25, -0.2) is 5.01 Å². The van der Waals surface area contributed by atoms with Crippen LogP contribution in [0.2, 0.25) is 0 Å². The first-order valence-electron chi connectivity index (χ1n) is 7.25. The van der Waals surface area contributed by atoms with Gasteiger partial charge in [-0.3, -0.25) is 9.59 Å². The molecule has 2 heterocycles. The maximum Gasteiger partial charge on any atom is 0.303 e. The number of hydrazone groups is 1. The van der Waals surface area contributed by atoms with E-state index in [0.717, 1.165) is 18.6 Å². The molecule has 2 aliphatic rings. The molecule has 6 heteroatoms. The molecule has 1 aliphatic heterocycles. The molecule has 0 saturated carbocycles. The molecule has 0 spiro atoms. The quantitative estimate of drug-likeness (QED) is 0.928. The van der Waals surface area contributed by atoms with Crippen LogP contribution in [0.15, 0.2) is 11.2 Å². The first kappa shape index (κ1) is 14.3. The van der Waals surface area contributed by atoms with Crippen LogP contribution in [0.1, 0.15) is 41.0 Å². The van der Waals surface area contributed by atoms with Crippen molar-refractivity contribution >= 4 is 28.9 Å². The summed E-state index contributed by atoms with van der Waals surface area (Å²) in [6.07, 6.45) is 3.03. The van der Waals surface area contributed by atoms with Crippen LogP contribution in [0, 0.1) is 12.8 Å². The van der Waals surface area contributed by atoms with Crippen molar-refractivity contribution in [1.82, 2.24) is 5.01 Å². The lowest BCUT2D eigenvalue weighted by Gasteiger charge is -2.32. The second-order valence-electron chi connectivity index (χ2n) is 5.63. The summed E-state index contributed by atoms with van der Waals surface area (Å²) in [5, 5.41) is 14.7. The van der Waals surface area contributed by atoms with Gasteiger partial charge in [-0.05, 0) is 32.3 Å². The molecule has 3 rings (SSSR count). The van der Waals surface area contributed by atoms with E-state index in [-0.39, 0.29) is 18.2 Å². The summed E-state index contributed by atoms with van der Waals surface area (Å²) in [5.74, 6) is -0.585. The van der Waals surface area contributed by atoms with Crippen molar-refractivity contribution in [2.45, 2.75) is 39.0 Å². The Kier molecular flexibility index (Phi) is 3.80. The summed E-state index contributed by atoms with van der Waals surface area (Å²) in [7, 11) is 0. The fourth-order valence-electron chi connectivity index (χ4n) is 3.02. The van der Waals surface area contributed by atoms with Gasteiger partial charge in [-0.2, -0.15) is 5.10 Å². The van der Waals surface area contributed by atoms with Crippen LogP contribution in [0.25, 0.3) is 0 Å². The van der Waals surface area contributed by atoms with Gasteiger partial charge in [0.1, 0.15) is 0 Å². The molecule has 0 bridgehead atoms. The van der Waals surface area contributed by atoms with E-state index >= 15 is 0 Å². The number of carboxylic acids is 1. The Bertz CT molecular complexity index is 620. The predicted octanol–water partition coefficient (Wildman–Crippen LogP) is 2.42. The number of aryl methyl sites for hydroxylation is 2. The van der Waals surface area contributed by atoms with E-state index < -0.39 is 5.97 Å². The Morgan fingerprint density at radius 3 is 3.14 bits per heavy atom. The van der Waals surface area contributed by atoms with E-state index in [9.17, 15) is 9.59 Å². The van der Waals surface area contributed by atoms with Crippen LogP contribution < -0.4 is 0 Å². The van der Waals surface area contributed by atoms with Gasteiger partial charge < -0.3 is 5.11 Å². The van der Waals surface area contributed by atoms with E-state index in [2.05, 4.69) is 18.1 Å². The molecule has 0 aromatic carbocycles. The average Bonchev–Trinajstić information content (AvgIpc) is 2.80. The molecule has 1 amide bonds. The van der Waals surface area contributed by atoms with Gasteiger partial charge >= 0.3 is 5.97 Å². The minimum absolute atomic E-state index is 0.0181. The number of rotatable bonds is 4. The normalized spacial score (nSPS) is 20.8. The van der Waals surface area contributed by atoms with Crippen molar-refractivity contribution in [3.05, 3.63) is 21.4 Å². The van der Waals surface area contributed by atoms with Crippen molar-refractivity contribution in [2.24, 2.45) is 11.0 Å². The number of hydrogen-bond donors (Lipinski definition) is 1. The third-order valence-corrected chi connectivity index (χ3v) is 5.12. The van der Waals surface area contributed by atoms with Gasteiger partial charge in [0.05, 0.1) is 5.71 Å². The lowest BCUT2D eigenvalue weighted by atomic mass is 9.83. The first-order chi connectivity index (χ1) is 10.0. The summed E-state index contributed by atoms with van der Waals surface area (Å²) in [4.78, 5) is 25.3. The molecule has 1 N–H and O–H groups in total. The Hall–Kier alpha value is -1.69. The van der Waals surface area contributed by atoms with Crippen LogP contribution in [-0.2, 0) is 16.0 Å². The molecule has 1 aliphatic carbocycles. The monoisotopic (exact) mass is 306 g/mol. The summed E-state index contributed by atoms with van der Waals surface area (Å²) in [5.41, 5.74) is 2.22. The molecule has 21 heavy (non-hydrogen) atoms. The zero-order valence-electron chi connectivity index (χ0n) is 12.0. The number of aliphatic carboxylic acids is 1. The molecule has 1 aromatic rings. The van der Waals surface area contributed by atoms with Crippen molar-refractivity contribution in [1.29, 1.82) is 0 Å². The van der Waals surface area contributed by atoms with Crippen LogP contribution in [0.4, 0.5) is 0 Å². The standard InChI is InChI=1S/C15H18N2O3S/c1-9-7-11-12(21-9)5-4-10-8-13(18)17(16-15(10)11)6-2-3-14(19)20/h7,10H,2-6,8H2,1H3,(H,19,20). The summed E-state index contributed by atoms with van der Waals surface area (Å²) in [6.45, 7) is 2.48. The third kappa shape index (κ3) is 2.85. The average molecular weight is 306 g/mol. The number of amides is 1. The largest absolute Gasteiger partial charge is 0.481 e. The summed E-state index contributed by atoms with van der Waals surface area (Å²) in [6, 6.07) is 2.16. The highest BCUT2D eigenvalue weighted by Gasteiger charge is 2.34. The number of fused-ring (bicyclic) bond motifs is 3. The van der Waals surface area contributed by atoms with Gasteiger partial charge in [0.15, 0.2) is 0 Å². The van der Waals surface area contributed by atoms with Crippen molar-refractivity contribution in [2.75, 3.05) is 6.54 Å². The predicted molar refractivity (Wildman–Crippen MR) is 80.6 cm³/mol. The number of thiophene rings is 1. The molecular formula is C15H18N2O3S. The van der Waals surface area contributed by atoms with Gasteiger partial charge in [0.25, 0.3) is 0 Å². The number of carbonyl (C=O) groups is 2. The lowest BCUT2D eigenvalue weighted by molar-refractivity contribution is -0.138. The van der Waals surface area contributed by atoms with Crippen molar-refractivity contribution < 1.29 is 14.7 Å². The minimum atomic E-state index is -0.835. The first-order valence-corrected chi connectivity index (χ1v) is 8.06. The van der Waals surface area contributed by atoms with Crippen LogP contribution >= 0.6 is 11.3 Å². The number of hydrogen-bond acceptors (Lipinski definition) is 4. The molecule has 0 radical (unpaired) electrons. The maximum absolute atomic E-state index is 12.1. The zero-order chi connectivity index (χ0) is 15.0. The topological polar surface area (TPSA) is 70.0 Å². The third-order valence-electron chi connectivity index (χ3n) is 4.01. The van der Waals surface area contributed by atoms with Crippen LogP contribution in [-0.4, -0.2) is 34.2 Å². The fourth-order valence-corrected chi connectivity index (χ4v) is 4.08. The highest BCUT2D eigenvalue weighted by molar-refractivity contribution is 7.12. The van der Waals surface area contributed by atoms with Gasteiger partial charge in [-0.15, -0.1) is 11.3 Å². The molecule has 112 valence electrons. The van der Waals surface area contributed by atoms with Crippen LogP contribution in [0.5, 0.6) is 0 Å². The fraction of sp³-hybridized carbons (Fsp3) is 0.533. The van der Waals surface area contributed by atoms with Crippen LogP contribution in [0.3, 0.4) is 0 Å². The minimum Gasteiger partial charge on any atom is -0.481 e. The molecule has 1 atom stereocenters. The molecule has 1 aromatic heterocycles. The Morgan fingerprint density at radius 1 is 1.57 bits per heavy atom. The van der Waals surface area contributed by atoms with E-state index in [1.54, 1.807) is 0 Å². The number of nitrogens with zero attached hydrogens (tertiary/aromatic N) is 2. The second-order valence-corrected chi connectivity index (χ2v) is 6.97. The van der Waals surface area contributed by atoms with Crippen molar-refractivity contribution in [3.8, 4) is 0 Å². The summed E-state index contributed by atoms with van der Waals surface area (Å²) >= 11 is 1.81. The number of carbonyl (C=O) groups excluding carboxylic acids is 1. The van der Waals surface area contributed by atoms with Gasteiger partial charge in [0.2, 0.25) is 5.91 Å². The summed E-state index contributed by atoms with van der Waals surface area (Å²) < 4.78 is 0.